The minimum Gasteiger partial charge on any atom is -0.507 e. The Kier molecular flexibility index (Phi) is 7.49. The third-order valence-corrected chi connectivity index (χ3v) is 2.17. The largest absolute Gasteiger partial charge is 0.507 e. The lowest BCUT2D eigenvalue weighted by molar-refractivity contribution is -0.0971. The van der Waals surface area contributed by atoms with Gasteiger partial charge >= 0.3 is 0 Å². The minimum atomic E-state index is -1.62. The molecule has 6 nitrogen and oxygen atoms in total. The molecule has 0 aliphatic carbocycles. The van der Waals surface area contributed by atoms with E-state index in [1.54, 1.807) is 13.8 Å². The zero-order chi connectivity index (χ0) is 15.9. The highest BCUT2D eigenvalue weighted by atomic mass is 16.6. The van der Waals surface area contributed by atoms with Gasteiger partial charge in [-0.05, 0) is 32.0 Å². The number of aromatic hydroxyl groups is 1. The van der Waals surface area contributed by atoms with Crippen molar-refractivity contribution < 1.29 is 24.5 Å². The molecule has 0 saturated heterocycles. The van der Waals surface area contributed by atoms with Crippen LogP contribution >= 0.6 is 0 Å². The van der Waals surface area contributed by atoms with Gasteiger partial charge in [0.05, 0.1) is 11.7 Å². The molecule has 20 heavy (non-hydrogen) atoms. The monoisotopic (exact) mass is 283 g/mol. The highest BCUT2D eigenvalue weighted by molar-refractivity contribution is 6.02. The van der Waals surface area contributed by atoms with Gasteiger partial charge in [0.2, 0.25) is 12.1 Å². The van der Waals surface area contributed by atoms with Gasteiger partial charge in [0, 0.05) is 5.56 Å². The normalized spacial score (nSPS) is 11.5. The second-order valence-electron chi connectivity index (χ2n) is 4.00. The van der Waals surface area contributed by atoms with E-state index in [0.29, 0.717) is 0 Å². The maximum Gasteiger partial charge on any atom is 0.252 e. The van der Waals surface area contributed by atoms with Crippen LogP contribution in [0.4, 0.5) is 0 Å². The molecule has 0 aromatic heterocycles. The summed E-state index contributed by atoms with van der Waals surface area (Å²) in [6.45, 7) is 7.34. The Bertz CT molecular complexity index is 471. The summed E-state index contributed by atoms with van der Waals surface area (Å²) in [5.74, 6) is -1.88. The fraction of sp³-hybridized carbons (Fsp3) is 0.429. The number of ether oxygens (including phenoxy) is 1. The Morgan fingerprint density at radius 1 is 1.25 bits per heavy atom. The molecule has 1 atom stereocenters. The number of nitrogens with two attached hydrogens (primary N) is 1. The van der Waals surface area contributed by atoms with Gasteiger partial charge in [-0.25, -0.2) is 0 Å². The van der Waals surface area contributed by atoms with Gasteiger partial charge in [-0.1, -0.05) is 13.8 Å². The minimum absolute atomic E-state index is 0.0368. The number of carbonyl (C=O) groups is 2. The first-order valence-electron chi connectivity index (χ1n) is 6.33. The van der Waals surface area contributed by atoms with Gasteiger partial charge in [0.1, 0.15) is 5.75 Å². The van der Waals surface area contributed by atoms with Gasteiger partial charge in [0.25, 0.3) is 5.91 Å². The smallest absolute Gasteiger partial charge is 0.252 e. The molecule has 0 heterocycles. The van der Waals surface area contributed by atoms with E-state index in [2.05, 4.69) is 0 Å². The zero-order valence-electron chi connectivity index (χ0n) is 12.1. The van der Waals surface area contributed by atoms with Crippen molar-refractivity contribution in [3.8, 4) is 5.75 Å². The van der Waals surface area contributed by atoms with Crippen LogP contribution in [0.15, 0.2) is 18.2 Å². The lowest BCUT2D eigenvalue weighted by Gasteiger charge is -2.14. The van der Waals surface area contributed by atoms with Gasteiger partial charge in [-0.15, -0.1) is 0 Å². The van der Waals surface area contributed by atoms with Crippen LogP contribution in [0.1, 0.15) is 48.4 Å². The first kappa shape index (κ1) is 18.1. The number of primary amides is 1. The maximum atomic E-state index is 11.8. The predicted octanol–water partition coefficient (Wildman–Crippen LogP) is 1.44. The topological polar surface area (TPSA) is 110 Å². The van der Waals surface area contributed by atoms with Crippen molar-refractivity contribution in [1.82, 2.24) is 0 Å². The molecule has 0 bridgehead atoms. The van der Waals surface area contributed by atoms with Crippen molar-refractivity contribution in [2.45, 2.75) is 40.1 Å². The van der Waals surface area contributed by atoms with Crippen LogP contribution in [0.2, 0.25) is 0 Å². The number of aliphatic hydroxyl groups is 1. The van der Waals surface area contributed by atoms with Gasteiger partial charge in [-0.2, -0.15) is 0 Å². The standard InChI is InChI=1S/C12H15NO5.C2H6/c1-6(2)18-12(17)10(15)7-3-4-9(14)8(5-7)11(13)16;1-2/h3-6,12,14,17H,1-2H3,(H2,13,16);1-2H3. The Hall–Kier alpha value is -1.92. The van der Waals surface area contributed by atoms with Crippen molar-refractivity contribution in [2.24, 2.45) is 5.73 Å². The summed E-state index contributed by atoms with van der Waals surface area (Å²) in [5, 5.41) is 18.9. The van der Waals surface area contributed by atoms with Crippen LogP contribution in [0, 0.1) is 0 Å². The van der Waals surface area contributed by atoms with Crippen LogP contribution in [0.25, 0.3) is 0 Å². The number of carbonyl (C=O) groups excluding carboxylic acids is 2. The quantitative estimate of drug-likeness (QED) is 0.559. The van der Waals surface area contributed by atoms with Crippen molar-refractivity contribution in [3.63, 3.8) is 0 Å². The Balaban J connectivity index is 0.00000172. The van der Waals surface area contributed by atoms with Crippen molar-refractivity contribution >= 4 is 11.7 Å². The van der Waals surface area contributed by atoms with Gasteiger partial charge in [0.15, 0.2) is 0 Å². The number of benzene rings is 1. The van der Waals surface area contributed by atoms with Crippen molar-refractivity contribution in [3.05, 3.63) is 29.3 Å². The molecule has 112 valence electrons. The molecule has 0 spiro atoms. The number of amides is 1. The summed E-state index contributed by atoms with van der Waals surface area (Å²) >= 11 is 0. The summed E-state index contributed by atoms with van der Waals surface area (Å²) in [4.78, 5) is 22.8. The van der Waals surface area contributed by atoms with Crippen molar-refractivity contribution in [2.75, 3.05) is 0 Å². The summed E-state index contributed by atoms with van der Waals surface area (Å²) in [6, 6.07) is 3.55. The second-order valence-corrected chi connectivity index (χ2v) is 4.00. The molecule has 4 N–H and O–H groups in total. The highest BCUT2D eigenvalue weighted by Gasteiger charge is 2.21. The lowest BCUT2D eigenvalue weighted by atomic mass is 10.1. The third kappa shape index (κ3) is 4.99. The van der Waals surface area contributed by atoms with Crippen LogP contribution in [0.5, 0.6) is 5.75 Å². The molecular formula is C14H21NO5. The lowest BCUT2D eigenvalue weighted by Crippen LogP contribution is -2.27. The molecule has 0 fully saturated rings. The molecule has 0 radical (unpaired) electrons. The van der Waals surface area contributed by atoms with E-state index in [1.165, 1.54) is 6.07 Å². The van der Waals surface area contributed by atoms with Crippen molar-refractivity contribution in [1.29, 1.82) is 0 Å². The summed E-state index contributed by atoms with van der Waals surface area (Å²) in [7, 11) is 0. The number of hydrogen-bond acceptors (Lipinski definition) is 5. The highest BCUT2D eigenvalue weighted by Crippen LogP contribution is 2.19. The predicted molar refractivity (Wildman–Crippen MR) is 74.5 cm³/mol. The van der Waals surface area contributed by atoms with E-state index in [9.17, 15) is 19.8 Å². The molecule has 6 heteroatoms. The molecule has 0 aliphatic rings. The number of hydrogen-bond donors (Lipinski definition) is 3. The SMILES string of the molecule is CC.CC(C)OC(O)C(=O)c1ccc(O)c(C(N)=O)c1. The van der Waals surface area contributed by atoms with E-state index in [1.807, 2.05) is 13.8 Å². The maximum absolute atomic E-state index is 11.8. The van der Waals surface area contributed by atoms with Gasteiger partial charge in [-0.3, -0.25) is 9.59 Å². The molecule has 1 aromatic carbocycles. The van der Waals surface area contributed by atoms with E-state index in [4.69, 9.17) is 10.5 Å². The molecule has 0 aliphatic heterocycles. The number of ketones is 1. The number of aliphatic hydroxyl groups excluding tert-OH is 1. The fourth-order valence-corrected chi connectivity index (χ4v) is 1.35. The molecule has 1 unspecified atom stereocenters. The molecular weight excluding hydrogens is 262 g/mol. The van der Waals surface area contributed by atoms with E-state index in [-0.39, 0.29) is 23.0 Å². The first-order chi connectivity index (χ1) is 9.32. The fourth-order valence-electron chi connectivity index (χ4n) is 1.35. The van der Waals surface area contributed by atoms with Crippen LogP contribution in [0.3, 0.4) is 0 Å². The number of rotatable bonds is 5. The summed E-state index contributed by atoms with van der Waals surface area (Å²) < 4.78 is 4.92. The van der Waals surface area contributed by atoms with Gasteiger partial charge < -0.3 is 20.7 Å². The summed E-state index contributed by atoms with van der Waals surface area (Å²) in [6.07, 6.45) is -1.94. The van der Waals surface area contributed by atoms with Crippen LogP contribution < -0.4 is 5.73 Å². The Morgan fingerprint density at radius 3 is 2.25 bits per heavy atom. The molecule has 1 aromatic rings. The second kappa shape index (κ2) is 8.29. The Morgan fingerprint density at radius 2 is 1.80 bits per heavy atom. The molecule has 1 rings (SSSR count). The average Bonchev–Trinajstić information content (AvgIpc) is 2.39. The first-order valence-corrected chi connectivity index (χ1v) is 6.33. The van der Waals surface area contributed by atoms with Crippen LogP contribution in [-0.2, 0) is 4.74 Å². The molecule has 1 amide bonds. The Labute approximate surface area is 118 Å². The third-order valence-electron chi connectivity index (χ3n) is 2.17. The number of phenols is 1. The summed E-state index contributed by atoms with van der Waals surface area (Å²) in [5.41, 5.74) is 4.89. The van der Waals surface area contributed by atoms with E-state index < -0.39 is 18.0 Å². The molecule has 0 saturated carbocycles. The number of Topliss-reactive ketones (excluding diaryl/α,β-unsaturated/α-hetero) is 1. The van der Waals surface area contributed by atoms with E-state index in [0.717, 1.165) is 12.1 Å². The van der Waals surface area contributed by atoms with E-state index >= 15 is 0 Å². The zero-order valence-corrected chi connectivity index (χ0v) is 12.1. The average molecular weight is 283 g/mol. The van der Waals surface area contributed by atoms with Crippen LogP contribution in [-0.4, -0.2) is 34.3 Å².